The number of para-hydroxylation sites is 2. The van der Waals surface area contributed by atoms with Gasteiger partial charge in [-0.25, -0.2) is 0 Å². The quantitative estimate of drug-likeness (QED) is 0.553. The van der Waals surface area contributed by atoms with Crippen LogP contribution in [0.1, 0.15) is 5.56 Å². The predicted molar refractivity (Wildman–Crippen MR) is 112 cm³/mol. The molecule has 0 spiro atoms. The molecule has 0 bridgehead atoms. The standard InChI is InChI=1S/C21H26F2N4O3/c1-24-21(25-14-15-7-8-16(29-2)13-19(15)30-20(22)23)27-11-9-26(10-12-27)17-5-3-4-6-18(17)28/h3-8,13,20,28H,9-12,14H2,1-2H3,(H,24,25). The van der Waals surface area contributed by atoms with Crippen molar-refractivity contribution in [3.63, 3.8) is 0 Å². The number of hydrogen-bond acceptors (Lipinski definition) is 5. The first kappa shape index (κ1) is 21.5. The van der Waals surface area contributed by atoms with Crippen LogP contribution in [0.15, 0.2) is 47.5 Å². The van der Waals surface area contributed by atoms with E-state index in [0.29, 0.717) is 30.4 Å². The zero-order valence-corrected chi connectivity index (χ0v) is 17.0. The molecule has 0 aliphatic carbocycles. The van der Waals surface area contributed by atoms with Gasteiger partial charge in [0.25, 0.3) is 0 Å². The molecule has 1 saturated heterocycles. The molecule has 0 saturated carbocycles. The van der Waals surface area contributed by atoms with Crippen LogP contribution in [0.2, 0.25) is 0 Å². The van der Waals surface area contributed by atoms with Crippen molar-refractivity contribution in [3.05, 3.63) is 48.0 Å². The lowest BCUT2D eigenvalue weighted by Gasteiger charge is -2.37. The van der Waals surface area contributed by atoms with Gasteiger partial charge in [0.05, 0.1) is 12.8 Å². The number of phenols is 1. The van der Waals surface area contributed by atoms with Crippen LogP contribution in [0.4, 0.5) is 14.5 Å². The van der Waals surface area contributed by atoms with Crippen molar-refractivity contribution in [1.29, 1.82) is 0 Å². The van der Waals surface area contributed by atoms with Crippen molar-refractivity contribution >= 4 is 11.6 Å². The number of benzene rings is 2. The maximum Gasteiger partial charge on any atom is 0.387 e. The van der Waals surface area contributed by atoms with Crippen LogP contribution in [-0.2, 0) is 6.54 Å². The van der Waals surface area contributed by atoms with Crippen LogP contribution in [-0.4, -0.2) is 62.9 Å². The Morgan fingerprint density at radius 1 is 1.17 bits per heavy atom. The number of methoxy groups -OCH3 is 1. The van der Waals surface area contributed by atoms with E-state index in [0.717, 1.165) is 18.8 Å². The number of nitrogens with zero attached hydrogens (tertiary/aromatic N) is 3. The van der Waals surface area contributed by atoms with Crippen molar-refractivity contribution < 1.29 is 23.4 Å². The van der Waals surface area contributed by atoms with Crippen molar-refractivity contribution in [2.45, 2.75) is 13.2 Å². The Bertz CT molecular complexity index is 871. The van der Waals surface area contributed by atoms with Crippen LogP contribution in [0.3, 0.4) is 0 Å². The van der Waals surface area contributed by atoms with Gasteiger partial charge in [0.2, 0.25) is 0 Å². The lowest BCUT2D eigenvalue weighted by atomic mass is 10.2. The van der Waals surface area contributed by atoms with Gasteiger partial charge in [-0.2, -0.15) is 8.78 Å². The lowest BCUT2D eigenvalue weighted by molar-refractivity contribution is -0.0505. The second kappa shape index (κ2) is 10.00. The summed E-state index contributed by atoms with van der Waals surface area (Å²) in [7, 11) is 3.15. The van der Waals surface area contributed by atoms with Gasteiger partial charge in [0, 0.05) is 51.4 Å². The van der Waals surface area contributed by atoms with Crippen LogP contribution in [0.25, 0.3) is 0 Å². The average molecular weight is 420 g/mol. The van der Waals surface area contributed by atoms with Gasteiger partial charge in [-0.3, -0.25) is 4.99 Å². The van der Waals surface area contributed by atoms with Crippen LogP contribution < -0.4 is 19.7 Å². The average Bonchev–Trinajstić information content (AvgIpc) is 2.75. The van der Waals surface area contributed by atoms with E-state index in [9.17, 15) is 13.9 Å². The Kier molecular flexibility index (Phi) is 7.16. The third kappa shape index (κ3) is 5.22. The van der Waals surface area contributed by atoms with Crippen molar-refractivity contribution in [2.75, 3.05) is 45.2 Å². The number of anilines is 1. The molecule has 7 nitrogen and oxygen atoms in total. The number of rotatable bonds is 6. The van der Waals surface area contributed by atoms with Crippen LogP contribution >= 0.6 is 0 Å². The fourth-order valence-corrected chi connectivity index (χ4v) is 3.41. The number of piperazine rings is 1. The molecule has 30 heavy (non-hydrogen) atoms. The van der Waals surface area contributed by atoms with E-state index in [1.165, 1.54) is 13.2 Å². The van der Waals surface area contributed by atoms with E-state index in [4.69, 9.17) is 4.74 Å². The number of nitrogens with one attached hydrogen (secondary N) is 1. The molecule has 1 aliphatic heterocycles. The smallest absolute Gasteiger partial charge is 0.387 e. The normalized spacial score (nSPS) is 14.8. The Balaban J connectivity index is 1.61. The summed E-state index contributed by atoms with van der Waals surface area (Å²) in [5.41, 5.74) is 1.39. The highest BCUT2D eigenvalue weighted by Gasteiger charge is 2.21. The minimum atomic E-state index is -2.92. The molecule has 0 unspecified atom stereocenters. The summed E-state index contributed by atoms with van der Waals surface area (Å²) in [6, 6.07) is 12.1. The molecule has 0 radical (unpaired) electrons. The molecule has 0 atom stereocenters. The van der Waals surface area contributed by atoms with Gasteiger partial charge in [-0.15, -0.1) is 0 Å². The monoisotopic (exact) mass is 420 g/mol. The van der Waals surface area contributed by atoms with Crippen LogP contribution in [0.5, 0.6) is 17.2 Å². The van der Waals surface area contributed by atoms with E-state index < -0.39 is 6.61 Å². The molecule has 2 N–H and O–H groups in total. The van der Waals surface area contributed by atoms with Crippen molar-refractivity contribution in [1.82, 2.24) is 10.2 Å². The molecule has 9 heteroatoms. The predicted octanol–water partition coefficient (Wildman–Crippen LogP) is 2.90. The van der Waals surface area contributed by atoms with Gasteiger partial charge < -0.3 is 29.7 Å². The second-order valence-corrected chi connectivity index (χ2v) is 6.72. The minimum absolute atomic E-state index is 0.0664. The first-order valence-electron chi connectivity index (χ1n) is 9.62. The Hall–Kier alpha value is -3.23. The summed E-state index contributed by atoms with van der Waals surface area (Å²) < 4.78 is 35.2. The molecule has 162 valence electrons. The van der Waals surface area contributed by atoms with E-state index in [2.05, 4.69) is 24.8 Å². The number of aliphatic imine (C=N–C) groups is 1. The zero-order valence-electron chi connectivity index (χ0n) is 17.0. The molecule has 1 aliphatic rings. The number of hydrogen-bond donors (Lipinski definition) is 2. The lowest BCUT2D eigenvalue weighted by Crippen LogP contribution is -2.52. The maximum absolute atomic E-state index is 12.8. The van der Waals surface area contributed by atoms with Crippen LogP contribution in [0, 0.1) is 0 Å². The molecule has 3 rings (SSSR count). The number of aromatic hydroxyl groups is 1. The molecule has 2 aromatic carbocycles. The van der Waals surface area contributed by atoms with Gasteiger partial charge in [-0.1, -0.05) is 12.1 Å². The Morgan fingerprint density at radius 2 is 1.90 bits per heavy atom. The minimum Gasteiger partial charge on any atom is -0.506 e. The molecule has 2 aromatic rings. The largest absolute Gasteiger partial charge is 0.506 e. The third-order valence-corrected chi connectivity index (χ3v) is 4.94. The number of guanidine groups is 1. The number of halogens is 2. The summed E-state index contributed by atoms with van der Waals surface area (Å²) in [6.07, 6.45) is 0. The fourth-order valence-electron chi connectivity index (χ4n) is 3.41. The molecule has 0 aromatic heterocycles. The summed E-state index contributed by atoms with van der Waals surface area (Å²) >= 11 is 0. The highest BCUT2D eigenvalue weighted by molar-refractivity contribution is 5.80. The van der Waals surface area contributed by atoms with Gasteiger partial charge >= 0.3 is 6.61 Å². The summed E-state index contributed by atoms with van der Waals surface area (Å²) in [5.74, 6) is 1.45. The Morgan fingerprint density at radius 3 is 2.53 bits per heavy atom. The molecule has 1 fully saturated rings. The first-order chi connectivity index (χ1) is 14.5. The molecular formula is C21H26F2N4O3. The number of alkyl halides is 2. The van der Waals surface area contributed by atoms with E-state index >= 15 is 0 Å². The summed E-state index contributed by atoms with van der Waals surface area (Å²) in [5, 5.41) is 13.3. The highest BCUT2D eigenvalue weighted by Crippen LogP contribution is 2.28. The van der Waals surface area contributed by atoms with Gasteiger partial charge in [-0.05, 0) is 24.3 Å². The molecule has 1 heterocycles. The van der Waals surface area contributed by atoms with Crippen molar-refractivity contribution in [2.24, 2.45) is 4.99 Å². The third-order valence-electron chi connectivity index (χ3n) is 4.94. The molecular weight excluding hydrogens is 394 g/mol. The highest BCUT2D eigenvalue weighted by atomic mass is 19.3. The van der Waals surface area contributed by atoms with Crippen molar-refractivity contribution in [3.8, 4) is 17.2 Å². The number of phenolic OH excluding ortho intramolecular Hbond substituents is 1. The Labute approximate surface area is 174 Å². The van der Waals surface area contributed by atoms with E-state index in [1.807, 2.05) is 12.1 Å². The topological polar surface area (TPSA) is 69.6 Å². The van der Waals surface area contributed by atoms with Gasteiger partial charge in [0.15, 0.2) is 5.96 Å². The summed E-state index contributed by atoms with van der Waals surface area (Å²) in [4.78, 5) is 8.53. The molecule has 0 amide bonds. The second-order valence-electron chi connectivity index (χ2n) is 6.72. The maximum atomic E-state index is 12.8. The number of ether oxygens (including phenoxy) is 2. The van der Waals surface area contributed by atoms with E-state index in [-0.39, 0.29) is 18.0 Å². The fraction of sp³-hybridized carbons (Fsp3) is 0.381. The summed E-state index contributed by atoms with van der Waals surface area (Å²) in [6.45, 7) is 0.214. The van der Waals surface area contributed by atoms with Gasteiger partial charge in [0.1, 0.15) is 17.2 Å². The zero-order chi connectivity index (χ0) is 21.5. The van der Waals surface area contributed by atoms with E-state index in [1.54, 1.807) is 31.3 Å². The SMILES string of the molecule is CN=C(NCc1ccc(OC)cc1OC(F)F)N1CCN(c2ccccc2O)CC1. The first-order valence-corrected chi connectivity index (χ1v) is 9.62.